The first-order valence-electron chi connectivity index (χ1n) is 21.4. The molecule has 1 aromatic rings. The molecule has 0 saturated carbocycles. The van der Waals surface area contributed by atoms with Crippen LogP contribution >= 0.6 is 0 Å². The molecule has 0 fully saturated rings. The van der Waals surface area contributed by atoms with E-state index in [2.05, 4.69) is 42.3 Å². The summed E-state index contributed by atoms with van der Waals surface area (Å²) in [6.45, 7) is 9.41. The summed E-state index contributed by atoms with van der Waals surface area (Å²) in [5.74, 6) is 1.61. The molecular formula is C43H85N2+. The van der Waals surface area contributed by atoms with Crippen LogP contribution in [0.5, 0.6) is 0 Å². The summed E-state index contributed by atoms with van der Waals surface area (Å²) in [6.07, 6.45) is 54.9. The van der Waals surface area contributed by atoms with Gasteiger partial charge in [0.1, 0.15) is 12.4 Å². The van der Waals surface area contributed by atoms with Crippen molar-refractivity contribution in [2.75, 3.05) is 0 Å². The third-order valence-electron chi connectivity index (χ3n) is 10.3. The molecule has 0 radical (unpaired) electrons. The normalized spacial score (nSPS) is 11.6. The zero-order valence-corrected chi connectivity index (χ0v) is 31.7. The number of imidazole rings is 1. The van der Waals surface area contributed by atoms with Crippen molar-refractivity contribution in [3.63, 3.8) is 0 Å². The standard InChI is InChI=1S/C43H85N2/c1-4-7-10-12-14-16-18-20-22-23-24-26-28-30-32-34-37-40-45-42-41-44(43(45)38-35-9-6-3)39-36-33-31-29-27-25-21-19-17-15-13-11-8-5-2/h41-42H,4-40H2,1-3H3/q+1. The van der Waals surface area contributed by atoms with Gasteiger partial charge in [0.25, 0.3) is 5.82 Å². The molecule has 0 aliphatic carbocycles. The van der Waals surface area contributed by atoms with E-state index < -0.39 is 0 Å². The van der Waals surface area contributed by atoms with E-state index in [-0.39, 0.29) is 0 Å². The lowest BCUT2D eigenvalue weighted by atomic mass is 10.0. The van der Waals surface area contributed by atoms with Crippen LogP contribution in [0.15, 0.2) is 12.4 Å². The van der Waals surface area contributed by atoms with E-state index in [1.54, 1.807) is 5.82 Å². The number of aryl methyl sites for hydroxylation is 2. The molecule has 1 heterocycles. The lowest BCUT2D eigenvalue weighted by Crippen LogP contribution is -2.37. The monoisotopic (exact) mass is 630 g/mol. The van der Waals surface area contributed by atoms with Crippen LogP contribution in [-0.2, 0) is 19.5 Å². The molecule has 0 unspecified atom stereocenters. The Morgan fingerprint density at radius 3 is 1.07 bits per heavy atom. The predicted octanol–water partition coefficient (Wildman–Crippen LogP) is 14.6. The number of nitrogens with zero attached hydrogens (tertiary/aromatic N) is 2. The van der Waals surface area contributed by atoms with Gasteiger partial charge in [0.05, 0.1) is 13.1 Å². The van der Waals surface area contributed by atoms with Gasteiger partial charge in [0.2, 0.25) is 0 Å². The molecule has 266 valence electrons. The van der Waals surface area contributed by atoms with E-state index in [0.717, 1.165) is 0 Å². The van der Waals surface area contributed by atoms with Crippen LogP contribution in [0, 0.1) is 0 Å². The summed E-state index contributed by atoms with van der Waals surface area (Å²) in [5, 5.41) is 0. The van der Waals surface area contributed by atoms with Crippen molar-refractivity contribution in [3.05, 3.63) is 18.2 Å². The van der Waals surface area contributed by atoms with E-state index in [1.165, 1.54) is 238 Å². The highest BCUT2D eigenvalue weighted by molar-refractivity contribution is 4.84. The molecule has 0 aromatic carbocycles. The number of unbranched alkanes of at least 4 members (excludes halogenated alkanes) is 31. The van der Waals surface area contributed by atoms with Gasteiger partial charge in [0.15, 0.2) is 0 Å². The molecule has 1 aromatic heterocycles. The Balaban J connectivity index is 2.06. The second-order valence-corrected chi connectivity index (χ2v) is 14.8. The molecule has 0 aliphatic heterocycles. The molecule has 45 heavy (non-hydrogen) atoms. The second kappa shape index (κ2) is 34.5. The highest BCUT2D eigenvalue weighted by Crippen LogP contribution is 2.16. The molecule has 0 spiro atoms. The summed E-state index contributed by atoms with van der Waals surface area (Å²) in [4.78, 5) is 0. The molecule has 0 atom stereocenters. The van der Waals surface area contributed by atoms with Crippen molar-refractivity contribution in [2.24, 2.45) is 0 Å². The summed E-state index contributed by atoms with van der Waals surface area (Å²) >= 11 is 0. The summed E-state index contributed by atoms with van der Waals surface area (Å²) in [6, 6.07) is 0. The first kappa shape index (κ1) is 42.2. The minimum absolute atomic E-state index is 1.23. The van der Waals surface area contributed by atoms with Crippen LogP contribution in [0.25, 0.3) is 0 Å². The number of hydrogen-bond acceptors (Lipinski definition) is 0. The molecule has 0 aliphatic rings. The fraction of sp³-hybridized carbons (Fsp3) is 0.930. The minimum atomic E-state index is 1.23. The summed E-state index contributed by atoms with van der Waals surface area (Å²) < 4.78 is 5.23. The maximum absolute atomic E-state index is 2.62. The van der Waals surface area contributed by atoms with Crippen molar-refractivity contribution in [1.29, 1.82) is 0 Å². The molecule has 0 saturated heterocycles. The van der Waals surface area contributed by atoms with Gasteiger partial charge in [-0.3, -0.25) is 0 Å². The zero-order chi connectivity index (χ0) is 32.3. The first-order valence-corrected chi connectivity index (χ1v) is 21.4. The Morgan fingerprint density at radius 1 is 0.378 bits per heavy atom. The molecule has 1 rings (SSSR count). The SMILES string of the molecule is CCCCCCCCCCCCCCCCCCC[n+]1ccn(CCCCCCCCCCCCCCCC)c1CCCCC. The fourth-order valence-corrected chi connectivity index (χ4v) is 7.21. The number of rotatable bonds is 37. The Hall–Kier alpha value is -0.790. The van der Waals surface area contributed by atoms with Crippen LogP contribution in [-0.4, -0.2) is 4.57 Å². The Labute approximate surface area is 285 Å². The highest BCUT2D eigenvalue weighted by Gasteiger charge is 2.16. The summed E-state index contributed by atoms with van der Waals surface area (Å²) in [5.41, 5.74) is 0. The average molecular weight is 630 g/mol. The largest absolute Gasteiger partial charge is 0.256 e. The number of aromatic nitrogens is 2. The molecular weight excluding hydrogens is 544 g/mol. The molecule has 2 nitrogen and oxygen atoms in total. The fourth-order valence-electron chi connectivity index (χ4n) is 7.21. The van der Waals surface area contributed by atoms with Crippen molar-refractivity contribution in [3.8, 4) is 0 Å². The van der Waals surface area contributed by atoms with Gasteiger partial charge in [0, 0.05) is 6.42 Å². The van der Waals surface area contributed by atoms with E-state index >= 15 is 0 Å². The zero-order valence-electron chi connectivity index (χ0n) is 31.7. The topological polar surface area (TPSA) is 8.81 Å². The minimum Gasteiger partial charge on any atom is -0.234 e. The van der Waals surface area contributed by atoms with Gasteiger partial charge < -0.3 is 0 Å². The van der Waals surface area contributed by atoms with E-state index in [0.29, 0.717) is 0 Å². The molecule has 2 heteroatoms. The smallest absolute Gasteiger partial charge is 0.234 e. The van der Waals surface area contributed by atoms with Crippen molar-refractivity contribution in [2.45, 2.75) is 259 Å². The quantitative estimate of drug-likeness (QED) is 0.0511. The van der Waals surface area contributed by atoms with Gasteiger partial charge in [-0.2, -0.15) is 0 Å². The van der Waals surface area contributed by atoms with E-state index in [9.17, 15) is 0 Å². The van der Waals surface area contributed by atoms with Crippen LogP contribution in [0.3, 0.4) is 0 Å². The van der Waals surface area contributed by atoms with Crippen LogP contribution < -0.4 is 4.57 Å². The lowest BCUT2D eigenvalue weighted by Gasteiger charge is -2.07. The number of hydrogen-bond donors (Lipinski definition) is 0. The van der Waals surface area contributed by atoms with Gasteiger partial charge in [-0.25, -0.2) is 9.13 Å². The van der Waals surface area contributed by atoms with Crippen LogP contribution in [0.4, 0.5) is 0 Å². The van der Waals surface area contributed by atoms with E-state index in [4.69, 9.17) is 0 Å². The Morgan fingerprint density at radius 2 is 0.689 bits per heavy atom. The third-order valence-corrected chi connectivity index (χ3v) is 10.3. The Bertz CT molecular complexity index is 692. The van der Waals surface area contributed by atoms with Gasteiger partial charge in [-0.1, -0.05) is 207 Å². The maximum atomic E-state index is 2.62. The van der Waals surface area contributed by atoms with Crippen molar-refractivity contribution >= 4 is 0 Å². The third kappa shape index (κ3) is 26.9. The first-order chi connectivity index (χ1) is 22.3. The van der Waals surface area contributed by atoms with E-state index in [1.807, 2.05) is 0 Å². The van der Waals surface area contributed by atoms with Gasteiger partial charge in [-0.05, 0) is 32.1 Å². The van der Waals surface area contributed by atoms with Crippen LogP contribution in [0.1, 0.15) is 245 Å². The highest BCUT2D eigenvalue weighted by atomic mass is 15.1. The predicted molar refractivity (Wildman–Crippen MR) is 202 cm³/mol. The molecule has 0 amide bonds. The van der Waals surface area contributed by atoms with Crippen molar-refractivity contribution < 1.29 is 4.57 Å². The molecule has 0 bridgehead atoms. The van der Waals surface area contributed by atoms with Crippen molar-refractivity contribution in [1.82, 2.24) is 4.57 Å². The summed E-state index contributed by atoms with van der Waals surface area (Å²) in [7, 11) is 0. The molecule has 0 N–H and O–H groups in total. The maximum Gasteiger partial charge on any atom is 0.256 e. The average Bonchev–Trinajstić information content (AvgIpc) is 3.43. The van der Waals surface area contributed by atoms with Crippen LogP contribution in [0.2, 0.25) is 0 Å². The lowest BCUT2D eigenvalue weighted by molar-refractivity contribution is -0.704. The van der Waals surface area contributed by atoms with Gasteiger partial charge >= 0.3 is 0 Å². The second-order valence-electron chi connectivity index (χ2n) is 14.8. The van der Waals surface area contributed by atoms with Gasteiger partial charge in [-0.15, -0.1) is 0 Å². The Kier molecular flexibility index (Phi) is 32.4.